The van der Waals surface area contributed by atoms with Crippen molar-refractivity contribution in [3.63, 3.8) is 0 Å². The highest BCUT2D eigenvalue weighted by Gasteiger charge is 2.06. The van der Waals surface area contributed by atoms with E-state index in [0.717, 1.165) is 34.1 Å². The predicted octanol–water partition coefficient (Wildman–Crippen LogP) is 3.15. The first-order valence-electron chi connectivity index (χ1n) is 4.91. The van der Waals surface area contributed by atoms with E-state index in [1.165, 1.54) is 0 Å². The molecule has 0 amide bonds. The summed E-state index contributed by atoms with van der Waals surface area (Å²) in [6, 6.07) is 2.36. The Balaban J connectivity index is 2.56. The highest BCUT2D eigenvalue weighted by atomic mass is 79.9. The molecule has 1 heterocycles. The van der Waals surface area contributed by atoms with Gasteiger partial charge >= 0.3 is 0 Å². The zero-order chi connectivity index (χ0) is 11.3. The van der Waals surface area contributed by atoms with Crippen LogP contribution in [0, 0.1) is 0 Å². The van der Waals surface area contributed by atoms with Crippen LogP contribution in [-0.4, -0.2) is 17.6 Å². The summed E-state index contributed by atoms with van der Waals surface area (Å²) < 4.78 is 1.94. The zero-order valence-electron chi connectivity index (χ0n) is 8.63. The fourth-order valence-electron chi connectivity index (χ4n) is 1.25. The van der Waals surface area contributed by atoms with Gasteiger partial charge in [0.05, 0.1) is 4.47 Å². The van der Waals surface area contributed by atoms with Crippen LogP contribution < -0.4 is 11.1 Å². The van der Waals surface area contributed by atoms with E-state index in [1.54, 1.807) is 6.20 Å². The summed E-state index contributed by atoms with van der Waals surface area (Å²) in [6.07, 6.45) is 3.87. The molecular formula is C10H15Br2N3. The minimum atomic E-state index is 0.388. The van der Waals surface area contributed by atoms with E-state index in [0.29, 0.717) is 6.04 Å². The second-order valence-corrected chi connectivity index (χ2v) is 5.23. The fourth-order valence-corrected chi connectivity index (χ4v) is 2.35. The van der Waals surface area contributed by atoms with Gasteiger partial charge in [-0.1, -0.05) is 0 Å². The number of nitrogens with one attached hydrogen (secondary N) is 1. The Labute approximate surface area is 107 Å². The largest absolute Gasteiger partial charge is 0.367 e. The quantitative estimate of drug-likeness (QED) is 0.868. The lowest BCUT2D eigenvalue weighted by Gasteiger charge is -2.15. The van der Waals surface area contributed by atoms with Gasteiger partial charge in [0, 0.05) is 16.7 Å². The minimum Gasteiger partial charge on any atom is -0.367 e. The second kappa shape index (κ2) is 6.45. The normalized spacial score (nSPS) is 12.5. The van der Waals surface area contributed by atoms with Crippen LogP contribution >= 0.6 is 31.9 Å². The number of anilines is 1. The van der Waals surface area contributed by atoms with Crippen LogP contribution in [-0.2, 0) is 0 Å². The van der Waals surface area contributed by atoms with Gasteiger partial charge in [0.15, 0.2) is 0 Å². The third kappa shape index (κ3) is 4.49. The molecule has 3 N–H and O–H groups in total. The van der Waals surface area contributed by atoms with Crippen molar-refractivity contribution in [1.29, 1.82) is 0 Å². The van der Waals surface area contributed by atoms with Gasteiger partial charge in [-0.25, -0.2) is 4.98 Å². The van der Waals surface area contributed by atoms with Gasteiger partial charge in [0.25, 0.3) is 0 Å². The molecule has 3 nitrogen and oxygen atoms in total. The molecule has 0 radical (unpaired) electrons. The average molecular weight is 337 g/mol. The lowest BCUT2D eigenvalue weighted by Crippen LogP contribution is -2.17. The van der Waals surface area contributed by atoms with Crippen molar-refractivity contribution in [2.24, 2.45) is 5.73 Å². The van der Waals surface area contributed by atoms with Crippen molar-refractivity contribution < 1.29 is 0 Å². The monoisotopic (exact) mass is 335 g/mol. The lowest BCUT2D eigenvalue weighted by atomic mass is 10.2. The van der Waals surface area contributed by atoms with Crippen molar-refractivity contribution >= 4 is 37.7 Å². The molecule has 1 unspecified atom stereocenters. The van der Waals surface area contributed by atoms with E-state index >= 15 is 0 Å². The molecule has 1 aromatic heterocycles. The van der Waals surface area contributed by atoms with Crippen LogP contribution in [0.5, 0.6) is 0 Å². The standard InChI is InChI=1S/C10H15Br2N3/c1-7(3-2-4-13)15-10-9(12)5-8(11)6-14-10/h5-7H,2-4,13H2,1H3,(H,14,15). The molecule has 0 saturated carbocycles. The van der Waals surface area contributed by atoms with E-state index in [2.05, 4.69) is 49.1 Å². The van der Waals surface area contributed by atoms with Gasteiger partial charge in [-0.3, -0.25) is 0 Å². The maximum absolute atomic E-state index is 5.46. The van der Waals surface area contributed by atoms with Gasteiger partial charge in [-0.15, -0.1) is 0 Å². The Morgan fingerprint density at radius 3 is 2.87 bits per heavy atom. The van der Waals surface area contributed by atoms with Crippen LogP contribution in [0.4, 0.5) is 5.82 Å². The maximum atomic E-state index is 5.46. The molecule has 0 aromatic carbocycles. The summed E-state index contributed by atoms with van der Waals surface area (Å²) in [4.78, 5) is 4.29. The SMILES string of the molecule is CC(CCCN)Nc1ncc(Br)cc1Br. The average Bonchev–Trinajstić information content (AvgIpc) is 2.19. The van der Waals surface area contributed by atoms with Crippen molar-refractivity contribution in [2.45, 2.75) is 25.8 Å². The first-order chi connectivity index (χ1) is 7.13. The van der Waals surface area contributed by atoms with E-state index < -0.39 is 0 Å². The van der Waals surface area contributed by atoms with Gasteiger partial charge in [-0.05, 0) is 64.2 Å². The molecule has 0 aliphatic heterocycles. The maximum Gasteiger partial charge on any atom is 0.140 e. The first kappa shape index (κ1) is 12.9. The third-order valence-corrected chi connectivity index (χ3v) is 3.07. The Morgan fingerprint density at radius 2 is 2.27 bits per heavy atom. The number of aromatic nitrogens is 1. The van der Waals surface area contributed by atoms with Crippen LogP contribution in [0.25, 0.3) is 0 Å². The molecule has 0 spiro atoms. The molecule has 15 heavy (non-hydrogen) atoms. The molecule has 1 rings (SSSR count). The summed E-state index contributed by atoms with van der Waals surface area (Å²) >= 11 is 6.83. The summed E-state index contributed by atoms with van der Waals surface area (Å²) in [7, 11) is 0. The number of hydrogen-bond donors (Lipinski definition) is 2. The van der Waals surface area contributed by atoms with Crippen LogP contribution in [0.3, 0.4) is 0 Å². The Kier molecular flexibility index (Phi) is 5.56. The summed E-state index contributed by atoms with van der Waals surface area (Å²) in [5.41, 5.74) is 5.46. The molecule has 0 saturated heterocycles. The third-order valence-electron chi connectivity index (χ3n) is 2.03. The lowest BCUT2D eigenvalue weighted by molar-refractivity contribution is 0.660. The van der Waals surface area contributed by atoms with Crippen molar-refractivity contribution in [3.8, 4) is 0 Å². The molecule has 5 heteroatoms. The van der Waals surface area contributed by atoms with E-state index in [9.17, 15) is 0 Å². The Bertz CT molecular complexity index is 318. The topological polar surface area (TPSA) is 50.9 Å². The molecule has 0 fully saturated rings. The Hall–Kier alpha value is -0.130. The van der Waals surface area contributed by atoms with E-state index in [1.807, 2.05) is 6.07 Å². The number of hydrogen-bond acceptors (Lipinski definition) is 3. The smallest absolute Gasteiger partial charge is 0.140 e. The van der Waals surface area contributed by atoms with E-state index in [4.69, 9.17) is 5.73 Å². The van der Waals surface area contributed by atoms with Gasteiger partial charge < -0.3 is 11.1 Å². The van der Waals surface area contributed by atoms with E-state index in [-0.39, 0.29) is 0 Å². The number of nitrogens with two attached hydrogens (primary N) is 1. The molecular weight excluding hydrogens is 322 g/mol. The predicted molar refractivity (Wildman–Crippen MR) is 71.0 cm³/mol. The first-order valence-corrected chi connectivity index (χ1v) is 6.49. The molecule has 84 valence electrons. The summed E-state index contributed by atoms with van der Waals surface area (Å²) in [6.45, 7) is 2.87. The van der Waals surface area contributed by atoms with Gasteiger partial charge in [0.2, 0.25) is 0 Å². The minimum absolute atomic E-state index is 0.388. The van der Waals surface area contributed by atoms with Crippen LogP contribution in [0.1, 0.15) is 19.8 Å². The molecule has 0 aliphatic rings. The fraction of sp³-hybridized carbons (Fsp3) is 0.500. The zero-order valence-corrected chi connectivity index (χ0v) is 11.8. The van der Waals surface area contributed by atoms with Crippen molar-refractivity contribution in [2.75, 3.05) is 11.9 Å². The van der Waals surface area contributed by atoms with Crippen LogP contribution in [0.15, 0.2) is 21.2 Å². The molecule has 0 aliphatic carbocycles. The molecule has 1 aromatic rings. The number of nitrogens with zero attached hydrogens (tertiary/aromatic N) is 1. The summed E-state index contributed by atoms with van der Waals surface area (Å²) in [5.74, 6) is 0.878. The second-order valence-electron chi connectivity index (χ2n) is 3.46. The highest BCUT2D eigenvalue weighted by Crippen LogP contribution is 2.24. The van der Waals surface area contributed by atoms with Crippen molar-refractivity contribution in [3.05, 3.63) is 21.2 Å². The van der Waals surface area contributed by atoms with Crippen molar-refractivity contribution in [1.82, 2.24) is 4.98 Å². The van der Waals surface area contributed by atoms with Gasteiger partial charge in [0.1, 0.15) is 5.82 Å². The molecule has 1 atom stereocenters. The highest BCUT2D eigenvalue weighted by molar-refractivity contribution is 9.11. The summed E-state index contributed by atoms with van der Waals surface area (Å²) in [5, 5.41) is 3.34. The van der Waals surface area contributed by atoms with Crippen LogP contribution in [0.2, 0.25) is 0 Å². The number of halogens is 2. The Morgan fingerprint density at radius 1 is 1.53 bits per heavy atom. The van der Waals surface area contributed by atoms with Gasteiger partial charge in [-0.2, -0.15) is 0 Å². The molecule has 0 bridgehead atoms. The number of rotatable bonds is 5. The number of pyridine rings is 1.